The van der Waals surface area contributed by atoms with Crippen LogP contribution in [0, 0.1) is 0 Å². The van der Waals surface area contributed by atoms with E-state index in [1.807, 2.05) is 42.5 Å². The average Bonchev–Trinajstić information content (AvgIpc) is 3.17. The third kappa shape index (κ3) is 4.10. The summed E-state index contributed by atoms with van der Waals surface area (Å²) in [5.74, 6) is 0.398. The Morgan fingerprint density at radius 3 is 2.52 bits per heavy atom. The smallest absolute Gasteiger partial charge is 0.352 e. The molecule has 4 rings (SSSR count). The SMILES string of the molecule is CCOC(=O)C(Oc1ccccc1-c1nc2ccccc2o1)c1ccc(Cl)cc1. The largest absolute Gasteiger partial charge is 0.473 e. The lowest BCUT2D eigenvalue weighted by atomic mass is 10.1. The van der Waals surface area contributed by atoms with Crippen molar-refractivity contribution in [1.82, 2.24) is 4.98 Å². The first-order chi connectivity index (χ1) is 14.2. The van der Waals surface area contributed by atoms with E-state index < -0.39 is 12.1 Å². The van der Waals surface area contributed by atoms with Crippen molar-refractivity contribution >= 4 is 28.7 Å². The first kappa shape index (κ1) is 19.0. The number of halogens is 1. The number of oxazole rings is 1. The minimum atomic E-state index is -0.947. The van der Waals surface area contributed by atoms with Crippen molar-refractivity contribution < 1.29 is 18.7 Å². The summed E-state index contributed by atoms with van der Waals surface area (Å²) in [4.78, 5) is 17.1. The van der Waals surface area contributed by atoms with Gasteiger partial charge in [-0.1, -0.05) is 48.0 Å². The summed E-state index contributed by atoms with van der Waals surface area (Å²) < 4.78 is 17.2. The average molecular weight is 408 g/mol. The number of esters is 1. The molecule has 4 aromatic rings. The zero-order valence-corrected chi connectivity index (χ0v) is 16.4. The Bertz CT molecular complexity index is 1100. The summed E-state index contributed by atoms with van der Waals surface area (Å²) in [6, 6.07) is 21.7. The van der Waals surface area contributed by atoms with Gasteiger partial charge in [-0.25, -0.2) is 9.78 Å². The number of aromatic nitrogens is 1. The van der Waals surface area contributed by atoms with E-state index in [2.05, 4.69) is 4.98 Å². The van der Waals surface area contributed by atoms with Crippen molar-refractivity contribution in [3.63, 3.8) is 0 Å². The number of hydrogen-bond acceptors (Lipinski definition) is 5. The van der Waals surface area contributed by atoms with Gasteiger partial charge in [-0.2, -0.15) is 0 Å². The van der Waals surface area contributed by atoms with Crippen LogP contribution in [0.25, 0.3) is 22.6 Å². The van der Waals surface area contributed by atoms with E-state index >= 15 is 0 Å². The molecule has 0 saturated heterocycles. The van der Waals surface area contributed by atoms with Crippen molar-refractivity contribution in [3.8, 4) is 17.2 Å². The van der Waals surface area contributed by atoms with Crippen molar-refractivity contribution in [2.45, 2.75) is 13.0 Å². The van der Waals surface area contributed by atoms with Crippen molar-refractivity contribution in [3.05, 3.63) is 83.4 Å². The Hall–Kier alpha value is -3.31. The highest BCUT2D eigenvalue weighted by molar-refractivity contribution is 6.30. The number of hydrogen-bond donors (Lipinski definition) is 0. The maximum atomic E-state index is 12.6. The lowest BCUT2D eigenvalue weighted by Crippen LogP contribution is -2.21. The van der Waals surface area contributed by atoms with Crippen LogP contribution in [-0.4, -0.2) is 17.6 Å². The highest BCUT2D eigenvalue weighted by Crippen LogP contribution is 2.34. The second kappa shape index (κ2) is 8.37. The number of carbonyl (C=O) groups excluding carboxylic acids is 1. The molecule has 6 heteroatoms. The van der Waals surface area contributed by atoms with Crippen LogP contribution in [0.1, 0.15) is 18.6 Å². The van der Waals surface area contributed by atoms with Gasteiger partial charge in [0.2, 0.25) is 12.0 Å². The van der Waals surface area contributed by atoms with Crippen LogP contribution in [0.2, 0.25) is 5.02 Å². The molecule has 3 aromatic carbocycles. The molecule has 0 fully saturated rings. The maximum absolute atomic E-state index is 12.6. The van der Waals surface area contributed by atoms with E-state index in [0.29, 0.717) is 33.4 Å². The summed E-state index contributed by atoms with van der Waals surface area (Å²) >= 11 is 5.98. The van der Waals surface area contributed by atoms with E-state index in [0.717, 1.165) is 5.52 Å². The van der Waals surface area contributed by atoms with Gasteiger partial charge in [0, 0.05) is 10.6 Å². The third-order valence-corrected chi connectivity index (χ3v) is 4.58. The highest BCUT2D eigenvalue weighted by atomic mass is 35.5. The van der Waals surface area contributed by atoms with E-state index in [1.54, 1.807) is 37.3 Å². The molecule has 1 atom stereocenters. The summed E-state index contributed by atoms with van der Waals surface area (Å²) in [5.41, 5.74) is 2.71. The molecule has 0 N–H and O–H groups in total. The minimum absolute atomic E-state index is 0.249. The fraction of sp³-hybridized carbons (Fsp3) is 0.130. The summed E-state index contributed by atoms with van der Waals surface area (Å²) in [6.07, 6.45) is -0.947. The topological polar surface area (TPSA) is 61.6 Å². The van der Waals surface area contributed by atoms with Gasteiger partial charge in [-0.3, -0.25) is 0 Å². The third-order valence-electron chi connectivity index (χ3n) is 4.33. The quantitative estimate of drug-likeness (QED) is 0.376. The van der Waals surface area contributed by atoms with Gasteiger partial charge in [0.05, 0.1) is 12.2 Å². The molecule has 1 unspecified atom stereocenters. The highest BCUT2D eigenvalue weighted by Gasteiger charge is 2.26. The van der Waals surface area contributed by atoms with Crippen LogP contribution in [0.4, 0.5) is 0 Å². The molecule has 29 heavy (non-hydrogen) atoms. The Morgan fingerprint density at radius 1 is 1.03 bits per heavy atom. The molecule has 0 radical (unpaired) electrons. The van der Waals surface area contributed by atoms with Crippen molar-refractivity contribution in [2.24, 2.45) is 0 Å². The van der Waals surface area contributed by atoms with Gasteiger partial charge < -0.3 is 13.9 Å². The Labute approximate surface area is 172 Å². The Balaban J connectivity index is 1.73. The van der Waals surface area contributed by atoms with Gasteiger partial charge in [0.25, 0.3) is 0 Å². The van der Waals surface area contributed by atoms with E-state index in [-0.39, 0.29) is 6.61 Å². The number of nitrogens with zero attached hydrogens (tertiary/aromatic N) is 1. The monoisotopic (exact) mass is 407 g/mol. The van der Waals surface area contributed by atoms with E-state index in [9.17, 15) is 4.79 Å². The van der Waals surface area contributed by atoms with Crippen molar-refractivity contribution in [1.29, 1.82) is 0 Å². The number of carbonyl (C=O) groups is 1. The molecule has 146 valence electrons. The summed E-state index contributed by atoms with van der Waals surface area (Å²) in [5, 5.41) is 0.572. The van der Waals surface area contributed by atoms with Gasteiger partial charge in [0.1, 0.15) is 11.3 Å². The zero-order chi connectivity index (χ0) is 20.2. The molecule has 5 nitrogen and oxygen atoms in total. The Morgan fingerprint density at radius 2 is 1.76 bits per heavy atom. The van der Waals surface area contributed by atoms with Gasteiger partial charge in [-0.05, 0) is 43.3 Å². The van der Waals surface area contributed by atoms with Crippen LogP contribution in [0.15, 0.2) is 77.2 Å². The summed E-state index contributed by atoms with van der Waals surface area (Å²) in [7, 11) is 0. The summed E-state index contributed by atoms with van der Waals surface area (Å²) in [6.45, 7) is 2.00. The molecule has 0 bridgehead atoms. The van der Waals surface area contributed by atoms with Gasteiger partial charge in [-0.15, -0.1) is 0 Å². The van der Waals surface area contributed by atoms with Gasteiger partial charge >= 0.3 is 5.97 Å². The van der Waals surface area contributed by atoms with Crippen LogP contribution < -0.4 is 4.74 Å². The Kier molecular flexibility index (Phi) is 5.49. The number of para-hydroxylation sites is 3. The fourth-order valence-electron chi connectivity index (χ4n) is 2.97. The molecule has 0 aliphatic heterocycles. The predicted octanol–water partition coefficient (Wildman–Crippen LogP) is 5.83. The molecule has 0 aliphatic rings. The van der Waals surface area contributed by atoms with Crippen LogP contribution in [0.5, 0.6) is 5.75 Å². The minimum Gasteiger partial charge on any atom is -0.473 e. The molecular formula is C23H18ClNO4. The van der Waals surface area contributed by atoms with Crippen LogP contribution >= 0.6 is 11.6 Å². The molecule has 0 amide bonds. The second-order valence-electron chi connectivity index (χ2n) is 6.28. The second-order valence-corrected chi connectivity index (χ2v) is 6.72. The molecule has 0 saturated carbocycles. The van der Waals surface area contributed by atoms with Gasteiger partial charge in [0.15, 0.2) is 5.58 Å². The molecule has 0 aliphatic carbocycles. The molecular weight excluding hydrogens is 390 g/mol. The zero-order valence-electron chi connectivity index (χ0n) is 15.7. The first-order valence-corrected chi connectivity index (χ1v) is 9.57. The van der Waals surface area contributed by atoms with Crippen LogP contribution in [0.3, 0.4) is 0 Å². The number of fused-ring (bicyclic) bond motifs is 1. The molecule has 1 aromatic heterocycles. The predicted molar refractivity (Wildman–Crippen MR) is 111 cm³/mol. The lowest BCUT2D eigenvalue weighted by molar-refractivity contribution is -0.151. The van der Waals surface area contributed by atoms with E-state index in [4.69, 9.17) is 25.5 Å². The number of ether oxygens (including phenoxy) is 2. The van der Waals surface area contributed by atoms with Crippen molar-refractivity contribution in [2.75, 3.05) is 6.61 Å². The first-order valence-electron chi connectivity index (χ1n) is 9.19. The molecule has 1 heterocycles. The fourth-order valence-corrected chi connectivity index (χ4v) is 3.09. The standard InChI is InChI=1S/C23H18ClNO4/c1-2-27-23(26)21(15-11-13-16(24)14-12-15)28-19-9-5-3-7-17(19)22-25-18-8-4-6-10-20(18)29-22/h3-14,21H,2H2,1H3. The van der Waals surface area contributed by atoms with Crippen LogP contribution in [-0.2, 0) is 9.53 Å². The lowest BCUT2D eigenvalue weighted by Gasteiger charge is -2.19. The van der Waals surface area contributed by atoms with E-state index in [1.165, 1.54) is 0 Å². The number of benzene rings is 3. The maximum Gasteiger partial charge on any atom is 0.352 e. The normalized spacial score (nSPS) is 11.9. The number of rotatable bonds is 6. The molecule has 0 spiro atoms.